The van der Waals surface area contributed by atoms with Crippen molar-refractivity contribution >= 4 is 34.8 Å². The Balaban J connectivity index is 2.63. The predicted molar refractivity (Wildman–Crippen MR) is 70.1 cm³/mol. The summed E-state index contributed by atoms with van der Waals surface area (Å²) in [5, 5.41) is 4.44. The van der Waals surface area contributed by atoms with Crippen LogP contribution in [0.5, 0.6) is 5.75 Å². The van der Waals surface area contributed by atoms with Gasteiger partial charge in [0.25, 0.3) is 0 Å². The third-order valence-electron chi connectivity index (χ3n) is 2.05. The van der Waals surface area contributed by atoms with E-state index in [-0.39, 0.29) is 0 Å². The second-order valence-corrected chi connectivity index (χ2v) is 4.89. The summed E-state index contributed by atoms with van der Waals surface area (Å²) in [5.41, 5.74) is 0. The Morgan fingerprint density at radius 3 is 2.44 bits per heavy atom. The number of hydrogen-bond donors (Lipinski definition) is 1. The molecule has 0 aliphatic carbocycles. The molecule has 1 N–H and O–H groups in total. The predicted octanol–water partition coefficient (Wildman–Crippen LogP) is 3.88. The molecule has 0 aliphatic rings. The lowest BCUT2D eigenvalue weighted by atomic mass is 10.2. The van der Waals surface area contributed by atoms with Crippen LogP contribution < -0.4 is 10.1 Å². The molecule has 1 rings (SSSR count). The minimum absolute atomic E-state index is 0.399. The largest absolute Gasteiger partial charge is 0.492 e. The second kappa shape index (κ2) is 6.55. The maximum Gasteiger partial charge on any atom is 0.139 e. The first-order valence-corrected chi connectivity index (χ1v) is 6.10. The van der Waals surface area contributed by atoms with Crippen LogP contribution in [0.15, 0.2) is 12.1 Å². The molecule has 0 fully saturated rings. The van der Waals surface area contributed by atoms with Crippen LogP contribution in [-0.2, 0) is 0 Å². The van der Waals surface area contributed by atoms with Gasteiger partial charge in [0.05, 0.1) is 21.7 Å². The van der Waals surface area contributed by atoms with Gasteiger partial charge < -0.3 is 10.1 Å². The quantitative estimate of drug-likeness (QED) is 0.828. The zero-order valence-corrected chi connectivity index (χ0v) is 11.5. The molecule has 0 bridgehead atoms. The number of ether oxygens (including phenoxy) is 1. The van der Waals surface area contributed by atoms with E-state index in [0.717, 1.165) is 6.54 Å². The van der Waals surface area contributed by atoms with Crippen LogP contribution in [0, 0.1) is 5.92 Å². The molecule has 16 heavy (non-hydrogen) atoms. The van der Waals surface area contributed by atoms with E-state index < -0.39 is 0 Å². The van der Waals surface area contributed by atoms with E-state index in [1.165, 1.54) is 0 Å². The molecule has 0 saturated carbocycles. The van der Waals surface area contributed by atoms with Crippen LogP contribution in [0.1, 0.15) is 6.92 Å². The maximum atomic E-state index is 5.98. The highest BCUT2D eigenvalue weighted by molar-refractivity contribution is 6.43. The van der Waals surface area contributed by atoms with E-state index in [9.17, 15) is 0 Å². The maximum absolute atomic E-state index is 5.98. The molecule has 0 radical (unpaired) electrons. The van der Waals surface area contributed by atoms with Crippen molar-refractivity contribution in [2.24, 2.45) is 5.92 Å². The number of nitrogens with one attached hydrogen (secondary N) is 1. The van der Waals surface area contributed by atoms with Crippen molar-refractivity contribution in [1.82, 2.24) is 5.32 Å². The lowest BCUT2D eigenvalue weighted by Gasteiger charge is -2.14. The van der Waals surface area contributed by atoms with Crippen molar-refractivity contribution in [1.29, 1.82) is 0 Å². The Labute approximate surface area is 111 Å². The summed E-state index contributed by atoms with van der Waals surface area (Å²) in [6.07, 6.45) is 0. The molecule has 0 amide bonds. The Bertz CT molecular complexity index is 357. The van der Waals surface area contributed by atoms with Gasteiger partial charge in [-0.05, 0) is 13.1 Å². The molecule has 0 heterocycles. The van der Waals surface area contributed by atoms with Crippen molar-refractivity contribution in [3.8, 4) is 5.75 Å². The Morgan fingerprint density at radius 1 is 1.19 bits per heavy atom. The summed E-state index contributed by atoms with van der Waals surface area (Å²) in [6, 6.07) is 3.22. The van der Waals surface area contributed by atoms with E-state index in [1.807, 2.05) is 7.05 Å². The Hall–Kier alpha value is -0.150. The van der Waals surface area contributed by atoms with E-state index in [2.05, 4.69) is 12.2 Å². The van der Waals surface area contributed by atoms with E-state index in [0.29, 0.717) is 33.3 Å². The lowest BCUT2D eigenvalue weighted by Crippen LogP contribution is -2.21. The number of benzene rings is 1. The van der Waals surface area contributed by atoms with Crippen molar-refractivity contribution in [3.05, 3.63) is 27.2 Å². The topological polar surface area (TPSA) is 21.3 Å². The SMILES string of the molecule is CNCC(C)COc1cc(Cl)c(Cl)cc1Cl. The average molecular weight is 283 g/mol. The van der Waals surface area contributed by atoms with E-state index in [1.54, 1.807) is 12.1 Å². The summed E-state index contributed by atoms with van der Waals surface area (Å²) in [6.45, 7) is 3.55. The first-order chi connectivity index (χ1) is 7.54. The summed E-state index contributed by atoms with van der Waals surface area (Å²) < 4.78 is 5.57. The van der Waals surface area contributed by atoms with Crippen molar-refractivity contribution in [3.63, 3.8) is 0 Å². The fourth-order valence-electron chi connectivity index (χ4n) is 1.25. The molecular formula is C11H14Cl3NO. The Morgan fingerprint density at radius 2 is 1.81 bits per heavy atom. The van der Waals surface area contributed by atoms with Gasteiger partial charge in [0.2, 0.25) is 0 Å². The zero-order valence-electron chi connectivity index (χ0n) is 9.19. The molecule has 2 nitrogen and oxygen atoms in total. The molecule has 1 unspecified atom stereocenters. The van der Waals surface area contributed by atoms with Crippen molar-refractivity contribution in [2.75, 3.05) is 20.2 Å². The normalized spacial score (nSPS) is 12.6. The molecule has 1 aromatic carbocycles. The first-order valence-electron chi connectivity index (χ1n) is 4.96. The third-order valence-corrected chi connectivity index (χ3v) is 3.07. The lowest BCUT2D eigenvalue weighted by molar-refractivity contribution is 0.258. The highest BCUT2D eigenvalue weighted by atomic mass is 35.5. The standard InChI is InChI=1S/C11H14Cl3NO/c1-7(5-15-2)6-16-11-4-9(13)8(12)3-10(11)14/h3-4,7,15H,5-6H2,1-2H3. The van der Waals surface area contributed by atoms with Gasteiger partial charge in [-0.15, -0.1) is 0 Å². The van der Waals surface area contributed by atoms with Gasteiger partial charge in [-0.3, -0.25) is 0 Å². The van der Waals surface area contributed by atoms with Crippen molar-refractivity contribution < 1.29 is 4.74 Å². The van der Waals surface area contributed by atoms with Crippen LogP contribution in [0.4, 0.5) is 0 Å². The molecule has 5 heteroatoms. The molecule has 90 valence electrons. The average Bonchev–Trinajstić information content (AvgIpc) is 2.22. The molecule has 0 spiro atoms. The van der Waals surface area contributed by atoms with Crippen LogP contribution in [0.25, 0.3) is 0 Å². The van der Waals surface area contributed by atoms with Crippen LogP contribution in [0.3, 0.4) is 0 Å². The summed E-state index contributed by atoms with van der Waals surface area (Å²) in [7, 11) is 1.91. The Kier molecular flexibility index (Phi) is 5.70. The minimum atomic E-state index is 0.399. The second-order valence-electron chi connectivity index (χ2n) is 3.67. The molecule has 1 atom stereocenters. The molecule has 0 saturated heterocycles. The van der Waals surface area contributed by atoms with Gasteiger partial charge >= 0.3 is 0 Å². The first kappa shape index (κ1) is 13.9. The highest BCUT2D eigenvalue weighted by Crippen LogP contribution is 2.33. The summed E-state index contributed by atoms with van der Waals surface area (Å²) in [5.74, 6) is 0.967. The molecule has 0 aromatic heterocycles. The highest BCUT2D eigenvalue weighted by Gasteiger charge is 2.08. The van der Waals surface area contributed by atoms with Gasteiger partial charge in [0.15, 0.2) is 0 Å². The smallest absolute Gasteiger partial charge is 0.139 e. The number of halogens is 3. The van der Waals surface area contributed by atoms with Crippen LogP contribution in [0.2, 0.25) is 15.1 Å². The molecule has 0 aliphatic heterocycles. The fraction of sp³-hybridized carbons (Fsp3) is 0.455. The third kappa shape index (κ3) is 4.02. The van der Waals surface area contributed by atoms with Gasteiger partial charge in [-0.1, -0.05) is 41.7 Å². The monoisotopic (exact) mass is 281 g/mol. The zero-order chi connectivity index (χ0) is 12.1. The summed E-state index contributed by atoms with van der Waals surface area (Å²) in [4.78, 5) is 0. The summed E-state index contributed by atoms with van der Waals surface area (Å²) >= 11 is 17.7. The van der Waals surface area contributed by atoms with Crippen molar-refractivity contribution in [2.45, 2.75) is 6.92 Å². The van der Waals surface area contributed by atoms with E-state index >= 15 is 0 Å². The number of rotatable bonds is 5. The van der Waals surface area contributed by atoms with Gasteiger partial charge in [-0.2, -0.15) is 0 Å². The fourth-order valence-corrected chi connectivity index (χ4v) is 1.85. The van der Waals surface area contributed by atoms with Crippen LogP contribution in [-0.4, -0.2) is 20.2 Å². The minimum Gasteiger partial charge on any atom is -0.492 e. The van der Waals surface area contributed by atoms with Gasteiger partial charge in [0.1, 0.15) is 5.75 Å². The van der Waals surface area contributed by atoms with Gasteiger partial charge in [0, 0.05) is 18.5 Å². The number of hydrogen-bond acceptors (Lipinski definition) is 2. The van der Waals surface area contributed by atoms with E-state index in [4.69, 9.17) is 39.5 Å². The molecular weight excluding hydrogens is 268 g/mol. The van der Waals surface area contributed by atoms with Crippen LogP contribution >= 0.6 is 34.8 Å². The van der Waals surface area contributed by atoms with Gasteiger partial charge in [-0.25, -0.2) is 0 Å². The molecule has 1 aromatic rings.